The van der Waals surface area contributed by atoms with Crippen molar-refractivity contribution >= 4 is 17.7 Å². The molecule has 6 heteroatoms. The van der Waals surface area contributed by atoms with Gasteiger partial charge in [-0.2, -0.15) is 0 Å². The van der Waals surface area contributed by atoms with Crippen molar-refractivity contribution in [3.05, 3.63) is 12.2 Å². The maximum absolute atomic E-state index is 12.5. The molecule has 0 radical (unpaired) electrons. The van der Waals surface area contributed by atoms with E-state index in [4.69, 9.17) is 10.2 Å². The Balaban J connectivity index is 0.000000307. The van der Waals surface area contributed by atoms with Crippen LogP contribution in [0.3, 0.4) is 0 Å². The van der Waals surface area contributed by atoms with E-state index in [0.717, 1.165) is 19.4 Å². The smallest absolute Gasteiger partial charge is 0.328 e. The number of Topliss-reactive ketones (excluding diaryl/α,β-unsaturated/α-hetero) is 1. The first kappa shape index (κ1) is 20.4. The van der Waals surface area contributed by atoms with Gasteiger partial charge in [0.2, 0.25) is 0 Å². The maximum Gasteiger partial charge on any atom is 0.328 e. The number of carboxylic acid groups (broad SMARTS) is 2. The second-order valence-corrected chi connectivity index (χ2v) is 7.77. The van der Waals surface area contributed by atoms with Crippen LogP contribution < -0.4 is 0 Å². The van der Waals surface area contributed by atoms with Crippen LogP contribution in [0.2, 0.25) is 0 Å². The fourth-order valence-electron chi connectivity index (χ4n) is 4.15. The number of carbonyl (C=O) groups is 3. The zero-order valence-electron chi connectivity index (χ0n) is 15.2. The number of hydrogen-bond acceptors (Lipinski definition) is 4. The van der Waals surface area contributed by atoms with Crippen LogP contribution in [0.5, 0.6) is 0 Å². The van der Waals surface area contributed by atoms with Crippen LogP contribution in [-0.4, -0.2) is 53.5 Å². The minimum absolute atomic E-state index is 0.0331. The summed E-state index contributed by atoms with van der Waals surface area (Å²) >= 11 is 0. The van der Waals surface area contributed by atoms with E-state index in [9.17, 15) is 14.4 Å². The highest BCUT2D eigenvalue weighted by Crippen LogP contribution is 2.66. The molecule has 2 aliphatic rings. The molecule has 24 heavy (non-hydrogen) atoms. The monoisotopic (exact) mass is 339 g/mol. The molecule has 0 spiro atoms. The summed E-state index contributed by atoms with van der Waals surface area (Å²) in [6.07, 6.45) is 4.54. The summed E-state index contributed by atoms with van der Waals surface area (Å²) < 4.78 is 0. The average molecular weight is 339 g/mol. The van der Waals surface area contributed by atoms with Crippen molar-refractivity contribution in [1.29, 1.82) is 0 Å². The minimum Gasteiger partial charge on any atom is -0.478 e. The third-order valence-corrected chi connectivity index (χ3v) is 5.93. The lowest BCUT2D eigenvalue weighted by Crippen LogP contribution is -2.34. The largest absolute Gasteiger partial charge is 0.478 e. The molecule has 2 bridgehead atoms. The van der Waals surface area contributed by atoms with Crippen molar-refractivity contribution in [1.82, 2.24) is 4.90 Å². The molecule has 6 nitrogen and oxygen atoms in total. The van der Waals surface area contributed by atoms with E-state index in [-0.39, 0.29) is 10.8 Å². The molecule has 0 amide bonds. The van der Waals surface area contributed by atoms with E-state index < -0.39 is 11.9 Å². The molecule has 0 aromatic heterocycles. The first-order valence-corrected chi connectivity index (χ1v) is 8.26. The van der Waals surface area contributed by atoms with E-state index in [1.165, 1.54) is 6.42 Å². The number of hydrogen-bond donors (Lipinski definition) is 2. The molecular weight excluding hydrogens is 310 g/mol. The van der Waals surface area contributed by atoms with Gasteiger partial charge in [0, 0.05) is 23.5 Å². The summed E-state index contributed by atoms with van der Waals surface area (Å²) in [6.45, 7) is 7.85. The van der Waals surface area contributed by atoms with Gasteiger partial charge in [0.15, 0.2) is 0 Å². The fraction of sp³-hybridized carbons (Fsp3) is 0.722. The molecule has 2 N–H and O–H groups in total. The highest BCUT2D eigenvalue weighted by atomic mass is 16.4. The van der Waals surface area contributed by atoms with Gasteiger partial charge < -0.3 is 15.1 Å². The van der Waals surface area contributed by atoms with Crippen molar-refractivity contribution in [3.63, 3.8) is 0 Å². The van der Waals surface area contributed by atoms with E-state index >= 15 is 0 Å². The van der Waals surface area contributed by atoms with Gasteiger partial charge in [-0.25, -0.2) is 9.59 Å². The third-order valence-electron chi connectivity index (χ3n) is 5.93. The Morgan fingerprint density at radius 1 is 1.17 bits per heavy atom. The highest BCUT2D eigenvalue weighted by Gasteiger charge is 2.65. The van der Waals surface area contributed by atoms with Crippen LogP contribution in [0.4, 0.5) is 0 Å². The predicted octanol–water partition coefficient (Wildman–Crippen LogP) is 2.29. The van der Waals surface area contributed by atoms with Crippen LogP contribution in [0, 0.1) is 22.7 Å². The molecule has 0 heterocycles. The molecule has 3 atom stereocenters. The lowest BCUT2D eigenvalue weighted by atomic mass is 9.70. The van der Waals surface area contributed by atoms with Gasteiger partial charge in [0.25, 0.3) is 0 Å². The van der Waals surface area contributed by atoms with Gasteiger partial charge in [-0.05, 0) is 51.2 Å². The van der Waals surface area contributed by atoms with Crippen LogP contribution >= 0.6 is 0 Å². The van der Waals surface area contributed by atoms with Gasteiger partial charge in [-0.3, -0.25) is 4.79 Å². The van der Waals surface area contributed by atoms with Crippen molar-refractivity contribution in [2.24, 2.45) is 22.7 Å². The summed E-state index contributed by atoms with van der Waals surface area (Å²) in [5.41, 5.74) is 0.190. The van der Waals surface area contributed by atoms with Crippen LogP contribution in [0.15, 0.2) is 12.2 Å². The second kappa shape index (κ2) is 7.47. The van der Waals surface area contributed by atoms with E-state index in [1.807, 2.05) is 0 Å². The maximum atomic E-state index is 12.5. The Morgan fingerprint density at radius 3 is 2.00 bits per heavy atom. The molecule has 0 aromatic carbocycles. The summed E-state index contributed by atoms with van der Waals surface area (Å²) in [6, 6.07) is 0. The number of carboxylic acids is 2. The zero-order valence-corrected chi connectivity index (χ0v) is 15.2. The van der Waals surface area contributed by atoms with Gasteiger partial charge in [0.1, 0.15) is 5.78 Å². The highest BCUT2D eigenvalue weighted by molar-refractivity contribution is 5.91. The number of rotatable bonds is 5. The third kappa shape index (κ3) is 4.04. The van der Waals surface area contributed by atoms with Crippen molar-refractivity contribution in [3.8, 4) is 0 Å². The Kier molecular flexibility index (Phi) is 6.33. The molecule has 2 rings (SSSR count). The molecule has 2 fully saturated rings. The Bertz CT molecular complexity index is 522. The zero-order chi connectivity index (χ0) is 18.7. The Hall–Kier alpha value is -1.69. The number of fused-ring (bicyclic) bond motifs is 2. The van der Waals surface area contributed by atoms with E-state index in [2.05, 4.69) is 39.8 Å². The number of ketones is 1. The van der Waals surface area contributed by atoms with Crippen molar-refractivity contribution in [2.75, 3.05) is 20.6 Å². The second-order valence-electron chi connectivity index (χ2n) is 7.77. The van der Waals surface area contributed by atoms with E-state index in [0.29, 0.717) is 29.8 Å². The fourth-order valence-corrected chi connectivity index (χ4v) is 4.15. The summed E-state index contributed by atoms with van der Waals surface area (Å²) in [5, 5.41) is 15.6. The topological polar surface area (TPSA) is 94.9 Å². The van der Waals surface area contributed by atoms with Crippen molar-refractivity contribution in [2.45, 2.75) is 40.0 Å². The summed E-state index contributed by atoms with van der Waals surface area (Å²) in [7, 11) is 4.18. The Labute approximate surface area is 143 Å². The lowest BCUT2D eigenvalue weighted by Gasteiger charge is -2.32. The first-order chi connectivity index (χ1) is 10.9. The molecule has 0 unspecified atom stereocenters. The normalized spacial score (nSPS) is 30.5. The summed E-state index contributed by atoms with van der Waals surface area (Å²) in [4.78, 5) is 33.8. The first-order valence-electron chi connectivity index (χ1n) is 8.26. The molecule has 0 saturated heterocycles. The number of aliphatic carboxylic acids is 2. The molecule has 2 saturated carbocycles. The van der Waals surface area contributed by atoms with Crippen molar-refractivity contribution < 1.29 is 24.6 Å². The minimum atomic E-state index is -1.26. The average Bonchev–Trinajstić information content (AvgIpc) is 2.76. The predicted molar refractivity (Wildman–Crippen MR) is 90.7 cm³/mol. The van der Waals surface area contributed by atoms with E-state index in [1.54, 1.807) is 0 Å². The standard InChI is InChI=1S/C14H25NO.C4H4O4/c1-13(2)11-6-8-14(13,3)12(16)10(11)7-9-15(4)5;5-3(6)1-2-4(7)8/h10-11H,6-9H2,1-5H3;1-2H,(H,5,6)(H,7,8)/b;2-1+/t10-,11+,14-;/m0./s1. The van der Waals surface area contributed by atoms with Gasteiger partial charge in [0.05, 0.1) is 0 Å². The van der Waals surface area contributed by atoms with Gasteiger partial charge in [-0.15, -0.1) is 0 Å². The number of nitrogens with zero attached hydrogens (tertiary/aromatic N) is 1. The van der Waals surface area contributed by atoms with Gasteiger partial charge >= 0.3 is 11.9 Å². The molecule has 0 aliphatic heterocycles. The van der Waals surface area contributed by atoms with Crippen LogP contribution in [-0.2, 0) is 14.4 Å². The van der Waals surface area contributed by atoms with Crippen LogP contribution in [0.1, 0.15) is 40.0 Å². The van der Waals surface area contributed by atoms with Crippen LogP contribution in [0.25, 0.3) is 0 Å². The quantitative estimate of drug-likeness (QED) is 0.746. The molecule has 2 aliphatic carbocycles. The van der Waals surface area contributed by atoms with Gasteiger partial charge in [-0.1, -0.05) is 20.8 Å². The lowest BCUT2D eigenvalue weighted by molar-refractivity contribution is -0.134. The SMILES string of the molecule is CN(C)CC[C@@H]1C(=O)[C@]2(C)CC[C@H]1C2(C)C.O=C(O)/C=C/C(=O)O. The molecular formula is C18H29NO5. The molecule has 0 aromatic rings. The molecule has 136 valence electrons. The number of carbonyl (C=O) groups excluding carboxylic acids is 1. The summed E-state index contributed by atoms with van der Waals surface area (Å²) in [5.74, 6) is -1.00. The Morgan fingerprint density at radius 2 is 1.67 bits per heavy atom.